The smallest absolute Gasteiger partial charge is 0.149 e. The van der Waals surface area contributed by atoms with Gasteiger partial charge in [-0.1, -0.05) is 19.8 Å². The van der Waals surface area contributed by atoms with E-state index in [4.69, 9.17) is 0 Å². The number of likely N-dealkylation sites (N-methyl/N-ethyl adjacent to an activating group) is 1. The van der Waals surface area contributed by atoms with Crippen LogP contribution in [0.5, 0.6) is 0 Å². The van der Waals surface area contributed by atoms with Gasteiger partial charge in [0.25, 0.3) is 0 Å². The highest BCUT2D eigenvalue weighted by Crippen LogP contribution is 2.21. The maximum absolute atomic E-state index is 11.7. The molecule has 2 atom stereocenters. The second-order valence-corrected chi connectivity index (χ2v) is 4.53. The highest BCUT2D eigenvalue weighted by Gasteiger charge is 2.27. The summed E-state index contributed by atoms with van der Waals surface area (Å²) in [7, 11) is 2.11. The lowest BCUT2D eigenvalue weighted by atomic mass is 9.92. The molecule has 1 fully saturated rings. The Bertz CT molecular complexity index is 191. The largest absolute Gasteiger partial charge is 0.298 e. The Hall–Kier alpha value is -0.370. The second-order valence-electron chi connectivity index (χ2n) is 4.53. The van der Waals surface area contributed by atoms with Gasteiger partial charge >= 0.3 is 0 Å². The number of hydrogen-bond acceptors (Lipinski definition) is 2. The van der Waals surface area contributed by atoms with Gasteiger partial charge in [0.15, 0.2) is 0 Å². The summed E-state index contributed by atoms with van der Waals surface area (Å²) in [5.74, 6) is 0.460. The van der Waals surface area contributed by atoms with Gasteiger partial charge < -0.3 is 0 Å². The molecule has 14 heavy (non-hydrogen) atoms. The van der Waals surface area contributed by atoms with Gasteiger partial charge in [0.2, 0.25) is 0 Å². The monoisotopic (exact) mass is 197 g/mol. The van der Waals surface area contributed by atoms with E-state index in [9.17, 15) is 4.79 Å². The van der Waals surface area contributed by atoms with Crippen molar-refractivity contribution in [1.82, 2.24) is 4.90 Å². The normalized spacial score (nSPS) is 25.4. The molecule has 2 nitrogen and oxygen atoms in total. The molecule has 0 spiro atoms. The summed E-state index contributed by atoms with van der Waals surface area (Å²) in [5, 5.41) is 0. The lowest BCUT2D eigenvalue weighted by molar-refractivity contribution is -0.126. The topological polar surface area (TPSA) is 20.3 Å². The number of hydrogen-bond donors (Lipinski definition) is 0. The van der Waals surface area contributed by atoms with Gasteiger partial charge in [-0.3, -0.25) is 9.69 Å². The molecule has 0 amide bonds. The molecule has 1 aliphatic carbocycles. The first-order chi connectivity index (χ1) is 6.66. The lowest BCUT2D eigenvalue weighted by Crippen LogP contribution is -2.45. The number of carbonyl (C=O) groups excluding carboxylic acids is 1. The van der Waals surface area contributed by atoms with Crippen molar-refractivity contribution in [1.29, 1.82) is 0 Å². The van der Waals surface area contributed by atoms with E-state index in [1.54, 1.807) is 0 Å². The van der Waals surface area contributed by atoms with Crippen molar-refractivity contribution >= 4 is 5.78 Å². The summed E-state index contributed by atoms with van der Waals surface area (Å²) >= 11 is 0. The highest BCUT2D eigenvalue weighted by atomic mass is 16.1. The molecule has 1 saturated carbocycles. The Balaban J connectivity index is 2.48. The van der Waals surface area contributed by atoms with Gasteiger partial charge in [-0.15, -0.1) is 0 Å². The van der Waals surface area contributed by atoms with E-state index in [0.29, 0.717) is 11.8 Å². The molecule has 0 saturated heterocycles. The Morgan fingerprint density at radius 2 is 2.21 bits per heavy atom. The van der Waals surface area contributed by atoms with E-state index >= 15 is 0 Å². The molecule has 0 aromatic carbocycles. The molecule has 1 rings (SSSR count). The minimum Gasteiger partial charge on any atom is -0.298 e. The number of rotatable bonds is 4. The first-order valence-corrected chi connectivity index (χ1v) is 5.91. The van der Waals surface area contributed by atoms with Gasteiger partial charge in [-0.05, 0) is 33.2 Å². The summed E-state index contributed by atoms with van der Waals surface area (Å²) in [6.45, 7) is 4.43. The zero-order valence-electron chi connectivity index (χ0n) is 9.75. The van der Waals surface area contributed by atoms with Gasteiger partial charge in [0, 0.05) is 12.5 Å². The van der Waals surface area contributed by atoms with Crippen LogP contribution in [-0.2, 0) is 4.79 Å². The molecule has 2 heteroatoms. The van der Waals surface area contributed by atoms with Crippen LogP contribution in [-0.4, -0.2) is 29.8 Å². The summed E-state index contributed by atoms with van der Waals surface area (Å²) in [6.07, 6.45) is 6.59. The Morgan fingerprint density at radius 1 is 1.50 bits per heavy atom. The van der Waals surface area contributed by atoms with Crippen LogP contribution in [0, 0.1) is 0 Å². The SMILES string of the molecule is CCCC(C)N(C)C1CCCCC1=O. The first kappa shape index (κ1) is 11.7. The van der Waals surface area contributed by atoms with Crippen LogP contribution in [0.2, 0.25) is 0 Å². The predicted octanol–water partition coefficient (Wildman–Crippen LogP) is 2.62. The molecule has 0 aliphatic heterocycles. The molecule has 0 heterocycles. The van der Waals surface area contributed by atoms with Crippen LogP contribution in [0.3, 0.4) is 0 Å². The minimum absolute atomic E-state index is 0.213. The van der Waals surface area contributed by atoms with E-state index in [0.717, 1.165) is 19.3 Å². The van der Waals surface area contributed by atoms with Crippen molar-refractivity contribution in [3.05, 3.63) is 0 Å². The molecule has 2 unspecified atom stereocenters. The van der Waals surface area contributed by atoms with Crippen LogP contribution in [0.25, 0.3) is 0 Å². The number of nitrogens with zero attached hydrogens (tertiary/aromatic N) is 1. The zero-order valence-corrected chi connectivity index (χ0v) is 9.75. The van der Waals surface area contributed by atoms with Gasteiger partial charge in [0.1, 0.15) is 5.78 Å². The van der Waals surface area contributed by atoms with Crippen molar-refractivity contribution in [3.63, 3.8) is 0 Å². The van der Waals surface area contributed by atoms with Gasteiger partial charge in [-0.2, -0.15) is 0 Å². The van der Waals surface area contributed by atoms with Crippen molar-refractivity contribution in [2.24, 2.45) is 0 Å². The van der Waals surface area contributed by atoms with Gasteiger partial charge in [-0.25, -0.2) is 0 Å². The third-order valence-corrected chi connectivity index (χ3v) is 3.42. The number of ketones is 1. The quantitative estimate of drug-likeness (QED) is 0.690. The molecule has 0 bridgehead atoms. The van der Waals surface area contributed by atoms with Crippen molar-refractivity contribution < 1.29 is 4.79 Å². The minimum atomic E-state index is 0.213. The van der Waals surface area contributed by atoms with Crippen molar-refractivity contribution in [2.45, 2.75) is 64.5 Å². The second kappa shape index (κ2) is 5.50. The summed E-state index contributed by atoms with van der Waals surface area (Å²) in [4.78, 5) is 14.0. The fourth-order valence-corrected chi connectivity index (χ4v) is 2.32. The van der Waals surface area contributed by atoms with Crippen LogP contribution in [0.1, 0.15) is 52.4 Å². The zero-order chi connectivity index (χ0) is 10.6. The standard InChI is InChI=1S/C12H23NO/c1-4-7-10(2)13(3)11-8-5-6-9-12(11)14/h10-11H,4-9H2,1-3H3. The van der Waals surface area contributed by atoms with E-state index in [2.05, 4.69) is 25.8 Å². The maximum atomic E-state index is 11.7. The Kier molecular flexibility index (Phi) is 4.59. The highest BCUT2D eigenvalue weighted by molar-refractivity contribution is 5.84. The van der Waals surface area contributed by atoms with Crippen LogP contribution >= 0.6 is 0 Å². The average Bonchev–Trinajstić information content (AvgIpc) is 2.18. The van der Waals surface area contributed by atoms with Crippen LogP contribution in [0.15, 0.2) is 0 Å². The fraction of sp³-hybridized carbons (Fsp3) is 0.917. The third kappa shape index (κ3) is 2.81. The van der Waals surface area contributed by atoms with Gasteiger partial charge in [0.05, 0.1) is 6.04 Å². The molecular formula is C12H23NO. The lowest BCUT2D eigenvalue weighted by Gasteiger charge is -2.34. The molecule has 0 aromatic rings. The summed E-state index contributed by atoms with van der Waals surface area (Å²) < 4.78 is 0. The molecule has 1 aliphatic rings. The third-order valence-electron chi connectivity index (χ3n) is 3.42. The predicted molar refractivity (Wildman–Crippen MR) is 59.4 cm³/mol. The number of carbonyl (C=O) groups is 1. The Labute approximate surface area is 87.7 Å². The van der Waals surface area contributed by atoms with E-state index in [-0.39, 0.29) is 6.04 Å². The van der Waals surface area contributed by atoms with Crippen molar-refractivity contribution in [3.8, 4) is 0 Å². The molecule has 82 valence electrons. The van der Waals surface area contributed by atoms with E-state index < -0.39 is 0 Å². The average molecular weight is 197 g/mol. The van der Waals surface area contributed by atoms with E-state index in [1.807, 2.05) is 0 Å². The number of Topliss-reactive ketones (excluding diaryl/α,β-unsaturated/α-hetero) is 1. The molecule has 0 aromatic heterocycles. The summed E-state index contributed by atoms with van der Waals surface area (Å²) in [6, 6.07) is 0.761. The van der Waals surface area contributed by atoms with E-state index in [1.165, 1.54) is 19.3 Å². The van der Waals surface area contributed by atoms with Crippen LogP contribution < -0.4 is 0 Å². The Morgan fingerprint density at radius 3 is 2.79 bits per heavy atom. The fourth-order valence-electron chi connectivity index (χ4n) is 2.32. The molecule has 0 N–H and O–H groups in total. The van der Waals surface area contributed by atoms with Crippen LogP contribution in [0.4, 0.5) is 0 Å². The first-order valence-electron chi connectivity index (χ1n) is 5.91. The molecular weight excluding hydrogens is 174 g/mol. The van der Waals surface area contributed by atoms with Crippen molar-refractivity contribution in [2.75, 3.05) is 7.05 Å². The maximum Gasteiger partial charge on any atom is 0.149 e. The summed E-state index contributed by atoms with van der Waals surface area (Å²) in [5.41, 5.74) is 0. The molecule has 0 radical (unpaired) electrons.